The number of rotatable bonds is 5. The maximum Gasteiger partial charge on any atom is 0.307 e. The SMILES string of the molecule is [2H]C([2H])([2H])C(=O)O[C@@]([2H])(CC(=O)O)C[N+](C([2H])([2H])[2H])(C([2H])([2H])[2H])C([2H])([2H])[2H]. The first-order chi connectivity index (χ1) is 11.5. The molecule has 0 unspecified atom stereocenters. The number of likely N-dealkylation sites (N-methyl/N-ethyl adjacent to an activating group) is 1. The molecule has 0 amide bonds. The molecule has 5 heteroatoms. The molecule has 1 N–H and O–H groups in total. The Balaban J connectivity index is 6.56. The number of carbonyl (C=O) groups excluding carboxylic acids is 1. The summed E-state index contributed by atoms with van der Waals surface area (Å²) in [6.45, 7) is -16.9. The van der Waals surface area contributed by atoms with Crippen LogP contribution in [0.5, 0.6) is 0 Å². The van der Waals surface area contributed by atoms with Gasteiger partial charge < -0.3 is 14.3 Å². The Morgan fingerprint density at radius 3 is 2.64 bits per heavy atom. The summed E-state index contributed by atoms with van der Waals surface area (Å²) in [5, 5.41) is 8.89. The van der Waals surface area contributed by atoms with Crippen LogP contribution in [0.2, 0.25) is 0 Å². The summed E-state index contributed by atoms with van der Waals surface area (Å²) in [5.41, 5.74) is 0. The summed E-state index contributed by atoms with van der Waals surface area (Å²) in [6, 6.07) is 0. The van der Waals surface area contributed by atoms with Crippen molar-refractivity contribution in [2.45, 2.75) is 19.4 Å². The van der Waals surface area contributed by atoms with Crippen molar-refractivity contribution in [2.24, 2.45) is 0 Å². The van der Waals surface area contributed by atoms with Gasteiger partial charge >= 0.3 is 11.9 Å². The molecule has 14 heavy (non-hydrogen) atoms. The summed E-state index contributed by atoms with van der Waals surface area (Å²) in [5.74, 6) is -4.00. The van der Waals surface area contributed by atoms with Crippen LogP contribution in [0.1, 0.15) is 31.1 Å². The van der Waals surface area contributed by atoms with Gasteiger partial charge in [0.1, 0.15) is 6.54 Å². The second-order valence-electron chi connectivity index (χ2n) is 2.47. The lowest BCUT2D eigenvalue weighted by atomic mass is 10.2. The molecule has 0 heterocycles. The second-order valence-corrected chi connectivity index (χ2v) is 2.47. The highest BCUT2D eigenvalue weighted by Gasteiger charge is 2.23. The molecule has 0 aliphatic rings. The summed E-state index contributed by atoms with van der Waals surface area (Å²) in [7, 11) is 0. The molecule has 0 bridgehead atoms. The summed E-state index contributed by atoms with van der Waals surface area (Å²) in [4.78, 5) is 22.6. The van der Waals surface area contributed by atoms with Crippen LogP contribution in [-0.2, 0) is 14.3 Å². The molecule has 0 aromatic rings. The zero-order chi connectivity index (χ0) is 22.3. The predicted molar refractivity (Wildman–Crippen MR) is 50.7 cm³/mol. The fourth-order valence-electron chi connectivity index (χ4n) is 0.689. The molecule has 0 aromatic heterocycles. The number of nitrogens with zero attached hydrogens (tertiary/aromatic N) is 1. The fourth-order valence-corrected chi connectivity index (χ4v) is 0.689. The Labute approximate surface area is 102 Å². The highest BCUT2D eigenvalue weighted by Crippen LogP contribution is 2.04. The summed E-state index contributed by atoms with van der Waals surface area (Å²) >= 11 is 0. The Morgan fingerprint density at radius 2 is 2.21 bits per heavy atom. The quantitative estimate of drug-likeness (QED) is 0.524. The van der Waals surface area contributed by atoms with E-state index in [4.69, 9.17) is 22.9 Å². The van der Waals surface area contributed by atoms with Crippen LogP contribution in [0.15, 0.2) is 0 Å². The number of hydrogen-bond donors (Lipinski definition) is 1. The molecule has 0 saturated heterocycles. The van der Waals surface area contributed by atoms with Gasteiger partial charge in [-0.2, -0.15) is 0 Å². The van der Waals surface area contributed by atoms with Gasteiger partial charge in [0, 0.05) is 11.0 Å². The van der Waals surface area contributed by atoms with Crippen molar-refractivity contribution in [1.82, 2.24) is 0 Å². The van der Waals surface area contributed by atoms with E-state index in [0.29, 0.717) is 0 Å². The highest BCUT2D eigenvalue weighted by atomic mass is 16.5. The lowest BCUT2D eigenvalue weighted by Gasteiger charge is -2.28. The van der Waals surface area contributed by atoms with Crippen LogP contribution in [0, 0.1) is 0 Å². The van der Waals surface area contributed by atoms with E-state index in [1.54, 1.807) is 0 Å². The third-order valence-corrected chi connectivity index (χ3v) is 0.999. The molecular formula is C9H18NO4+. The van der Waals surface area contributed by atoms with Crippen molar-refractivity contribution in [3.8, 4) is 0 Å². The van der Waals surface area contributed by atoms with Crippen molar-refractivity contribution in [3.05, 3.63) is 0 Å². The zero-order valence-electron chi connectivity index (χ0n) is 20.0. The van der Waals surface area contributed by atoms with E-state index in [1.807, 2.05) is 0 Å². The Kier molecular flexibility index (Phi) is 1.04. The second kappa shape index (κ2) is 4.95. The van der Waals surface area contributed by atoms with E-state index in [-0.39, 0.29) is 0 Å². The number of carboxylic acids is 1. The van der Waals surface area contributed by atoms with E-state index in [9.17, 15) is 9.59 Å². The third kappa shape index (κ3) is 7.54. The molecule has 0 aliphatic heterocycles. The Hall–Kier alpha value is -1.10. The number of carboxylic acid groups (broad SMARTS) is 1. The third-order valence-electron chi connectivity index (χ3n) is 0.999. The van der Waals surface area contributed by atoms with Gasteiger partial charge in [0.05, 0.1) is 41.1 Å². The van der Waals surface area contributed by atoms with Crippen molar-refractivity contribution < 1.29 is 41.7 Å². The average molecular weight is 217 g/mol. The first-order valence-electron chi connectivity index (χ1n) is 9.84. The van der Waals surface area contributed by atoms with Crippen molar-refractivity contribution >= 4 is 11.9 Å². The first-order valence-corrected chi connectivity index (χ1v) is 3.34. The number of aliphatic carboxylic acids is 1. The fraction of sp³-hybridized carbons (Fsp3) is 0.778. The zero-order valence-corrected chi connectivity index (χ0v) is 7.03. The summed E-state index contributed by atoms with van der Waals surface area (Å²) in [6.07, 6.45) is -4.87. The van der Waals surface area contributed by atoms with Crippen molar-refractivity contribution in [2.75, 3.05) is 27.5 Å². The van der Waals surface area contributed by atoms with Gasteiger partial charge in [-0.3, -0.25) is 9.59 Å². The molecule has 0 saturated carbocycles. The van der Waals surface area contributed by atoms with Crippen LogP contribution in [0.4, 0.5) is 0 Å². The number of hydrogen-bond acceptors (Lipinski definition) is 3. The molecule has 0 rings (SSSR count). The Bertz CT molecular complexity index is 538. The van der Waals surface area contributed by atoms with E-state index >= 15 is 0 Å². The van der Waals surface area contributed by atoms with E-state index in [2.05, 4.69) is 4.74 Å². The van der Waals surface area contributed by atoms with E-state index < -0.39 is 63.2 Å². The highest BCUT2D eigenvalue weighted by molar-refractivity contribution is 5.69. The molecule has 5 nitrogen and oxygen atoms in total. The normalized spacial score (nSPS) is 33.0. The minimum Gasteiger partial charge on any atom is -0.481 e. The molecule has 0 aromatic carbocycles. The standard InChI is InChI=1S/C9H17NO4/c1-7(11)14-8(5-9(12)13)6-10(2,3)4/h8H,5-6H2,1-4H3/p+1/t8-/m0/s1/i1D3,2D3,3D3,4D3,8D. The number of quaternary nitrogens is 1. The molecule has 0 spiro atoms. The minimum atomic E-state index is -3.84. The van der Waals surface area contributed by atoms with Gasteiger partial charge in [0.15, 0.2) is 6.08 Å². The van der Waals surface area contributed by atoms with Gasteiger partial charge in [-0.1, -0.05) is 0 Å². The van der Waals surface area contributed by atoms with Gasteiger partial charge in [-0.15, -0.1) is 0 Å². The predicted octanol–water partition coefficient (Wildman–Crippen LogP) is 0.0990. The molecule has 0 radical (unpaired) electrons. The lowest BCUT2D eigenvalue weighted by molar-refractivity contribution is -0.873. The largest absolute Gasteiger partial charge is 0.481 e. The van der Waals surface area contributed by atoms with Gasteiger partial charge in [-0.05, 0) is 0 Å². The smallest absolute Gasteiger partial charge is 0.307 e. The van der Waals surface area contributed by atoms with Crippen LogP contribution >= 0.6 is 0 Å². The number of ether oxygens (including phenoxy) is 1. The maximum absolute atomic E-state index is 11.6. The van der Waals surface area contributed by atoms with Crippen LogP contribution in [0.25, 0.3) is 0 Å². The number of carbonyl (C=O) groups is 2. The van der Waals surface area contributed by atoms with Gasteiger partial charge in [0.2, 0.25) is 0 Å². The molecular weight excluding hydrogens is 186 g/mol. The molecule has 1 atom stereocenters. The number of esters is 1. The van der Waals surface area contributed by atoms with Crippen molar-refractivity contribution in [3.63, 3.8) is 0 Å². The van der Waals surface area contributed by atoms with Crippen LogP contribution in [0.3, 0.4) is 0 Å². The molecule has 0 aliphatic carbocycles. The summed E-state index contributed by atoms with van der Waals surface area (Å²) < 4.78 is 96.9. The van der Waals surface area contributed by atoms with Crippen LogP contribution in [-0.4, -0.2) is 55.1 Å². The van der Waals surface area contributed by atoms with Crippen molar-refractivity contribution in [1.29, 1.82) is 0 Å². The average Bonchev–Trinajstić information content (AvgIpc) is 2.28. The molecule has 82 valence electrons. The van der Waals surface area contributed by atoms with Gasteiger partial charge in [0.25, 0.3) is 0 Å². The van der Waals surface area contributed by atoms with E-state index in [1.165, 1.54) is 0 Å². The van der Waals surface area contributed by atoms with Crippen LogP contribution < -0.4 is 0 Å². The topological polar surface area (TPSA) is 63.6 Å². The first kappa shape index (κ1) is 2.95. The molecule has 0 fully saturated rings. The lowest BCUT2D eigenvalue weighted by Crippen LogP contribution is -2.43. The van der Waals surface area contributed by atoms with Gasteiger partial charge in [-0.25, -0.2) is 0 Å². The van der Waals surface area contributed by atoms with E-state index in [0.717, 1.165) is 0 Å². The minimum absolute atomic E-state index is 1.56. The monoisotopic (exact) mass is 217 g/mol. The Morgan fingerprint density at radius 1 is 1.57 bits per heavy atom. The maximum atomic E-state index is 11.6.